The first kappa shape index (κ1) is 18.7. The van der Waals surface area contributed by atoms with Crippen molar-refractivity contribution in [1.82, 2.24) is 15.1 Å². The normalized spacial score (nSPS) is 19.1. The predicted molar refractivity (Wildman–Crippen MR) is 110 cm³/mol. The van der Waals surface area contributed by atoms with Gasteiger partial charge in [-0.25, -0.2) is 0 Å². The highest BCUT2D eigenvalue weighted by Gasteiger charge is 2.29. The molecule has 0 aliphatic carbocycles. The van der Waals surface area contributed by atoms with Crippen LogP contribution in [0.5, 0.6) is 0 Å². The molecule has 1 N–H and O–H groups in total. The first-order valence-corrected chi connectivity index (χ1v) is 10.1. The van der Waals surface area contributed by atoms with Gasteiger partial charge < -0.3 is 10.2 Å². The van der Waals surface area contributed by atoms with E-state index in [-0.39, 0.29) is 11.8 Å². The summed E-state index contributed by atoms with van der Waals surface area (Å²) in [7, 11) is 1.63. The molecule has 2 amide bonds. The van der Waals surface area contributed by atoms with Crippen LogP contribution in [0.25, 0.3) is 11.1 Å². The number of likely N-dealkylation sites (tertiary alicyclic amines) is 1. The number of carbonyl (C=O) groups excluding carboxylic acids is 2. The topological polar surface area (TPSA) is 52.7 Å². The molecule has 2 aromatic rings. The summed E-state index contributed by atoms with van der Waals surface area (Å²) >= 11 is 0. The van der Waals surface area contributed by atoms with E-state index in [9.17, 15) is 9.59 Å². The monoisotopic (exact) mass is 377 g/mol. The molecule has 2 aliphatic heterocycles. The minimum absolute atomic E-state index is 0.0888. The van der Waals surface area contributed by atoms with Crippen LogP contribution in [0.4, 0.5) is 0 Å². The van der Waals surface area contributed by atoms with Gasteiger partial charge in [0.25, 0.3) is 11.8 Å². The average Bonchev–Trinajstić information content (AvgIpc) is 3.28. The molecule has 28 heavy (non-hydrogen) atoms. The zero-order valence-electron chi connectivity index (χ0n) is 16.6. The van der Waals surface area contributed by atoms with Crippen LogP contribution in [0.3, 0.4) is 0 Å². The molecule has 0 bridgehead atoms. The molecular formula is C23H27N3O2. The van der Waals surface area contributed by atoms with Gasteiger partial charge >= 0.3 is 0 Å². The SMILES string of the molecule is CNC(=O)c1ccc(-c2ccc3c(c2)CN(CCN2CCC[C@H]2C)C3=O)cc1. The lowest BCUT2D eigenvalue weighted by Crippen LogP contribution is -2.36. The van der Waals surface area contributed by atoms with Gasteiger partial charge in [-0.15, -0.1) is 0 Å². The smallest absolute Gasteiger partial charge is 0.254 e. The van der Waals surface area contributed by atoms with Gasteiger partial charge in [0.2, 0.25) is 0 Å². The van der Waals surface area contributed by atoms with Crippen molar-refractivity contribution in [2.75, 3.05) is 26.7 Å². The maximum Gasteiger partial charge on any atom is 0.254 e. The fourth-order valence-corrected chi connectivity index (χ4v) is 4.27. The van der Waals surface area contributed by atoms with Crippen LogP contribution < -0.4 is 5.32 Å². The number of hydrogen-bond acceptors (Lipinski definition) is 3. The second kappa shape index (κ2) is 7.76. The van der Waals surface area contributed by atoms with Crippen molar-refractivity contribution < 1.29 is 9.59 Å². The number of nitrogens with zero attached hydrogens (tertiary/aromatic N) is 2. The maximum absolute atomic E-state index is 12.7. The van der Waals surface area contributed by atoms with Crippen molar-refractivity contribution in [3.05, 3.63) is 59.2 Å². The lowest BCUT2D eigenvalue weighted by atomic mass is 9.99. The number of amides is 2. The molecule has 1 fully saturated rings. The predicted octanol–water partition coefficient (Wildman–Crippen LogP) is 3.15. The van der Waals surface area contributed by atoms with Crippen molar-refractivity contribution in [3.8, 4) is 11.1 Å². The Kier molecular flexibility index (Phi) is 5.18. The van der Waals surface area contributed by atoms with Gasteiger partial charge in [-0.05, 0) is 67.3 Å². The Balaban J connectivity index is 1.46. The molecule has 2 heterocycles. The highest BCUT2D eigenvalue weighted by atomic mass is 16.2. The molecule has 5 nitrogen and oxygen atoms in total. The standard InChI is InChI=1S/C23H27N3O2/c1-16-4-3-11-25(16)12-13-26-15-20-14-19(9-10-21(20)23(26)28)17-5-7-18(8-6-17)22(27)24-2/h5-10,14,16H,3-4,11-13,15H2,1-2H3,(H,24,27)/t16-/m1/s1. The molecule has 0 radical (unpaired) electrons. The number of nitrogens with one attached hydrogen (secondary N) is 1. The molecule has 146 valence electrons. The molecule has 1 atom stereocenters. The lowest BCUT2D eigenvalue weighted by molar-refractivity contribution is 0.0756. The van der Waals surface area contributed by atoms with Crippen LogP contribution in [0.15, 0.2) is 42.5 Å². The Labute approximate surface area is 166 Å². The summed E-state index contributed by atoms with van der Waals surface area (Å²) < 4.78 is 0. The van der Waals surface area contributed by atoms with E-state index in [4.69, 9.17) is 0 Å². The van der Waals surface area contributed by atoms with Crippen LogP contribution in [-0.4, -0.2) is 54.3 Å². The van der Waals surface area contributed by atoms with Gasteiger partial charge in [0.15, 0.2) is 0 Å². The van der Waals surface area contributed by atoms with Crippen LogP contribution in [0.1, 0.15) is 46.0 Å². The number of carbonyl (C=O) groups is 2. The zero-order chi connectivity index (χ0) is 19.7. The van der Waals surface area contributed by atoms with Crippen molar-refractivity contribution in [2.24, 2.45) is 0 Å². The maximum atomic E-state index is 12.7. The Morgan fingerprint density at radius 3 is 2.54 bits per heavy atom. The fourth-order valence-electron chi connectivity index (χ4n) is 4.27. The fraction of sp³-hybridized carbons (Fsp3) is 0.391. The summed E-state index contributed by atoms with van der Waals surface area (Å²) in [6.07, 6.45) is 2.52. The van der Waals surface area contributed by atoms with Gasteiger partial charge in [0, 0.05) is 43.9 Å². The van der Waals surface area contributed by atoms with E-state index in [1.807, 2.05) is 41.3 Å². The Morgan fingerprint density at radius 2 is 1.86 bits per heavy atom. The van der Waals surface area contributed by atoms with Gasteiger partial charge in [-0.1, -0.05) is 18.2 Å². The van der Waals surface area contributed by atoms with E-state index in [0.717, 1.165) is 41.9 Å². The summed E-state index contributed by atoms with van der Waals surface area (Å²) in [5.41, 5.74) is 4.68. The Morgan fingerprint density at radius 1 is 1.11 bits per heavy atom. The summed E-state index contributed by atoms with van der Waals surface area (Å²) in [6.45, 7) is 5.84. The summed E-state index contributed by atoms with van der Waals surface area (Å²) in [6, 6.07) is 14.2. The number of rotatable bonds is 5. The Hall–Kier alpha value is -2.66. The van der Waals surface area contributed by atoms with Gasteiger partial charge in [-0.3, -0.25) is 14.5 Å². The quantitative estimate of drug-likeness (QED) is 0.871. The van der Waals surface area contributed by atoms with E-state index in [1.165, 1.54) is 12.8 Å². The third-order valence-electron chi connectivity index (χ3n) is 6.04. The molecule has 0 aromatic heterocycles. The average molecular weight is 377 g/mol. The minimum atomic E-state index is -0.0888. The van der Waals surface area contributed by atoms with Crippen LogP contribution in [-0.2, 0) is 6.54 Å². The van der Waals surface area contributed by atoms with Crippen LogP contribution in [0.2, 0.25) is 0 Å². The second-order valence-corrected chi connectivity index (χ2v) is 7.78. The Bertz CT molecular complexity index is 891. The molecule has 1 saturated heterocycles. The van der Waals surface area contributed by atoms with E-state index in [2.05, 4.69) is 23.2 Å². The molecule has 2 aromatic carbocycles. The van der Waals surface area contributed by atoms with Crippen molar-refractivity contribution in [1.29, 1.82) is 0 Å². The molecule has 0 spiro atoms. The highest BCUT2D eigenvalue weighted by molar-refractivity contribution is 5.99. The summed E-state index contributed by atoms with van der Waals surface area (Å²) in [5, 5.41) is 2.63. The van der Waals surface area contributed by atoms with E-state index < -0.39 is 0 Å². The van der Waals surface area contributed by atoms with Crippen LogP contribution >= 0.6 is 0 Å². The molecule has 5 heteroatoms. The molecule has 0 unspecified atom stereocenters. The molecular weight excluding hydrogens is 350 g/mol. The van der Waals surface area contributed by atoms with Gasteiger partial charge in [0.05, 0.1) is 0 Å². The number of hydrogen-bond donors (Lipinski definition) is 1. The highest BCUT2D eigenvalue weighted by Crippen LogP contribution is 2.29. The minimum Gasteiger partial charge on any atom is -0.355 e. The lowest BCUT2D eigenvalue weighted by Gasteiger charge is -2.24. The van der Waals surface area contributed by atoms with Crippen LogP contribution in [0, 0.1) is 0 Å². The zero-order valence-corrected chi connectivity index (χ0v) is 16.6. The second-order valence-electron chi connectivity index (χ2n) is 7.78. The summed E-state index contributed by atoms with van der Waals surface area (Å²) in [5.74, 6) is 0.0532. The first-order valence-electron chi connectivity index (χ1n) is 10.1. The van der Waals surface area contributed by atoms with Crippen molar-refractivity contribution in [2.45, 2.75) is 32.4 Å². The van der Waals surface area contributed by atoms with E-state index >= 15 is 0 Å². The number of benzene rings is 2. The molecule has 4 rings (SSSR count). The molecule has 0 saturated carbocycles. The molecule has 2 aliphatic rings. The van der Waals surface area contributed by atoms with Crippen molar-refractivity contribution >= 4 is 11.8 Å². The van der Waals surface area contributed by atoms with Crippen molar-refractivity contribution in [3.63, 3.8) is 0 Å². The van der Waals surface area contributed by atoms with Gasteiger partial charge in [0.1, 0.15) is 0 Å². The summed E-state index contributed by atoms with van der Waals surface area (Å²) in [4.78, 5) is 28.9. The van der Waals surface area contributed by atoms with E-state index in [0.29, 0.717) is 18.2 Å². The largest absolute Gasteiger partial charge is 0.355 e. The first-order chi connectivity index (χ1) is 13.6. The number of fused-ring (bicyclic) bond motifs is 1. The van der Waals surface area contributed by atoms with Gasteiger partial charge in [-0.2, -0.15) is 0 Å². The third kappa shape index (κ3) is 3.54. The third-order valence-corrected chi connectivity index (χ3v) is 6.04. The van der Waals surface area contributed by atoms with E-state index in [1.54, 1.807) is 7.05 Å².